The first kappa shape index (κ1) is 20.0. The Bertz CT molecular complexity index is 600. The van der Waals surface area contributed by atoms with Crippen LogP contribution < -0.4 is 5.32 Å². The summed E-state index contributed by atoms with van der Waals surface area (Å²) in [6.45, 7) is 6.00. The summed E-state index contributed by atoms with van der Waals surface area (Å²) in [7, 11) is 0. The van der Waals surface area contributed by atoms with Crippen molar-refractivity contribution in [1.82, 2.24) is 10.2 Å². The molecule has 0 radical (unpaired) electrons. The molecule has 1 saturated heterocycles. The van der Waals surface area contributed by atoms with Crippen LogP contribution in [0.25, 0.3) is 0 Å². The third kappa shape index (κ3) is 6.92. The van der Waals surface area contributed by atoms with Crippen LogP contribution in [0.4, 0.5) is 9.59 Å². The van der Waals surface area contributed by atoms with Gasteiger partial charge in [0.2, 0.25) is 0 Å². The molecule has 1 fully saturated rings. The number of hydrogen-bond donors (Lipinski definition) is 2. The maximum absolute atomic E-state index is 12.3. The number of ether oxygens (including phenoxy) is 2. The van der Waals surface area contributed by atoms with E-state index in [4.69, 9.17) is 9.47 Å². The Hall–Kier alpha value is -2.28. The molecule has 2 N–H and O–H groups in total. The summed E-state index contributed by atoms with van der Waals surface area (Å²) in [4.78, 5) is 25.8. The van der Waals surface area contributed by atoms with Gasteiger partial charge in [-0.25, -0.2) is 9.59 Å². The number of aliphatic hydroxyl groups is 1. The second kappa shape index (κ2) is 8.89. The molecule has 0 bridgehead atoms. The molecule has 1 aromatic rings. The van der Waals surface area contributed by atoms with Crippen LogP contribution in [0.2, 0.25) is 0 Å². The molecule has 26 heavy (non-hydrogen) atoms. The van der Waals surface area contributed by atoms with Crippen LogP contribution in [-0.2, 0) is 16.1 Å². The van der Waals surface area contributed by atoms with E-state index in [1.54, 1.807) is 20.8 Å². The minimum Gasteiger partial charge on any atom is -0.445 e. The van der Waals surface area contributed by atoms with Gasteiger partial charge in [0, 0.05) is 13.1 Å². The van der Waals surface area contributed by atoms with Crippen molar-refractivity contribution in [2.45, 2.75) is 58.0 Å². The molecule has 0 saturated carbocycles. The number of alkyl carbamates (subject to hydrolysis) is 1. The van der Waals surface area contributed by atoms with Crippen LogP contribution in [0.3, 0.4) is 0 Å². The number of likely N-dealkylation sites (tertiary alicyclic amines) is 1. The molecule has 2 atom stereocenters. The Morgan fingerprint density at radius 3 is 2.54 bits per heavy atom. The molecule has 1 aromatic carbocycles. The van der Waals surface area contributed by atoms with E-state index in [1.807, 2.05) is 30.3 Å². The highest BCUT2D eigenvalue weighted by Crippen LogP contribution is 2.16. The Morgan fingerprint density at radius 1 is 1.19 bits per heavy atom. The van der Waals surface area contributed by atoms with Gasteiger partial charge in [0.15, 0.2) is 0 Å². The number of carbonyl (C=O) groups is 2. The average Bonchev–Trinajstić information content (AvgIpc) is 2.74. The Kier molecular flexibility index (Phi) is 6.85. The predicted octanol–water partition coefficient (Wildman–Crippen LogP) is 2.67. The van der Waals surface area contributed by atoms with Crippen LogP contribution in [0.15, 0.2) is 30.3 Å². The molecule has 1 aliphatic rings. The standard InChI is InChI=1S/C19H28N2O5/c1-19(2,3)26-18(24)21-11-15(9-10-16(22)12-21)20-17(23)25-13-14-7-5-4-6-8-14/h4-8,15-16,22H,9-13H2,1-3H3,(H,20,23)/t15-,16-/m1/s1. The number of carbonyl (C=O) groups excluding carboxylic acids is 2. The van der Waals surface area contributed by atoms with E-state index in [-0.39, 0.29) is 25.7 Å². The smallest absolute Gasteiger partial charge is 0.410 e. The number of hydrogen-bond acceptors (Lipinski definition) is 5. The fraction of sp³-hybridized carbons (Fsp3) is 0.579. The van der Waals surface area contributed by atoms with Crippen molar-refractivity contribution in [2.24, 2.45) is 0 Å². The van der Waals surface area contributed by atoms with E-state index in [1.165, 1.54) is 4.90 Å². The summed E-state index contributed by atoms with van der Waals surface area (Å²) < 4.78 is 10.6. The van der Waals surface area contributed by atoms with Crippen LogP contribution in [-0.4, -0.2) is 53.0 Å². The molecule has 0 unspecified atom stereocenters. The number of β-amino-alcohol motifs (C(OH)–C–C–N with tert-alkyl or cyclic N) is 1. The lowest BCUT2D eigenvalue weighted by molar-refractivity contribution is 0.0162. The minimum atomic E-state index is -0.644. The third-order valence-corrected chi connectivity index (χ3v) is 3.91. The predicted molar refractivity (Wildman–Crippen MR) is 96.6 cm³/mol. The van der Waals surface area contributed by atoms with Crippen molar-refractivity contribution < 1.29 is 24.2 Å². The van der Waals surface area contributed by atoms with E-state index >= 15 is 0 Å². The van der Waals surface area contributed by atoms with E-state index in [0.29, 0.717) is 12.8 Å². The zero-order valence-corrected chi connectivity index (χ0v) is 15.6. The van der Waals surface area contributed by atoms with Gasteiger partial charge >= 0.3 is 12.2 Å². The summed E-state index contributed by atoms with van der Waals surface area (Å²) in [6, 6.07) is 9.09. The summed E-state index contributed by atoms with van der Waals surface area (Å²) in [5.41, 5.74) is 0.278. The first-order valence-electron chi connectivity index (χ1n) is 8.86. The zero-order chi connectivity index (χ0) is 19.2. The van der Waals surface area contributed by atoms with Gasteiger partial charge in [0.05, 0.1) is 12.1 Å². The van der Waals surface area contributed by atoms with E-state index in [2.05, 4.69) is 5.32 Å². The lowest BCUT2D eigenvalue weighted by Gasteiger charge is -2.29. The second-order valence-electron chi connectivity index (χ2n) is 7.52. The van der Waals surface area contributed by atoms with Crippen molar-refractivity contribution in [3.05, 3.63) is 35.9 Å². The number of benzene rings is 1. The van der Waals surface area contributed by atoms with E-state index in [9.17, 15) is 14.7 Å². The molecule has 144 valence electrons. The number of aliphatic hydroxyl groups excluding tert-OH is 1. The molecule has 2 amide bonds. The van der Waals surface area contributed by atoms with Crippen LogP contribution in [0, 0.1) is 0 Å². The second-order valence-corrected chi connectivity index (χ2v) is 7.52. The van der Waals surface area contributed by atoms with Crippen molar-refractivity contribution in [1.29, 1.82) is 0 Å². The summed E-state index contributed by atoms with van der Waals surface area (Å²) in [6.07, 6.45) is -0.638. The summed E-state index contributed by atoms with van der Waals surface area (Å²) in [5.74, 6) is 0. The van der Waals surface area contributed by atoms with Gasteiger partial charge in [0.1, 0.15) is 12.2 Å². The molecule has 0 aromatic heterocycles. The topological polar surface area (TPSA) is 88.1 Å². The highest BCUT2D eigenvalue weighted by atomic mass is 16.6. The van der Waals surface area contributed by atoms with Gasteiger partial charge in [-0.2, -0.15) is 0 Å². The Labute approximate surface area is 154 Å². The fourth-order valence-corrected chi connectivity index (χ4v) is 2.70. The molecule has 7 nitrogen and oxygen atoms in total. The number of nitrogens with one attached hydrogen (secondary N) is 1. The van der Waals surface area contributed by atoms with Gasteiger partial charge in [-0.3, -0.25) is 0 Å². The Morgan fingerprint density at radius 2 is 1.88 bits per heavy atom. The van der Waals surface area contributed by atoms with Crippen LogP contribution in [0.5, 0.6) is 0 Å². The Balaban J connectivity index is 1.88. The highest BCUT2D eigenvalue weighted by molar-refractivity contribution is 5.69. The van der Waals surface area contributed by atoms with E-state index in [0.717, 1.165) is 5.56 Å². The zero-order valence-electron chi connectivity index (χ0n) is 15.6. The first-order chi connectivity index (χ1) is 12.2. The molecule has 0 spiro atoms. The highest BCUT2D eigenvalue weighted by Gasteiger charge is 2.30. The lowest BCUT2D eigenvalue weighted by Crippen LogP contribution is -2.47. The largest absolute Gasteiger partial charge is 0.445 e. The molecule has 1 aliphatic heterocycles. The lowest BCUT2D eigenvalue weighted by atomic mass is 10.1. The molecule has 2 rings (SSSR count). The van der Waals surface area contributed by atoms with Crippen LogP contribution >= 0.6 is 0 Å². The monoisotopic (exact) mass is 364 g/mol. The minimum absolute atomic E-state index is 0.178. The van der Waals surface area contributed by atoms with Gasteiger partial charge in [-0.1, -0.05) is 30.3 Å². The fourth-order valence-electron chi connectivity index (χ4n) is 2.70. The van der Waals surface area contributed by atoms with Gasteiger partial charge in [0.25, 0.3) is 0 Å². The van der Waals surface area contributed by atoms with Crippen molar-refractivity contribution in [2.75, 3.05) is 13.1 Å². The number of amides is 2. The summed E-state index contributed by atoms with van der Waals surface area (Å²) in [5, 5.41) is 12.8. The normalized spacial score (nSPS) is 20.8. The van der Waals surface area contributed by atoms with Crippen molar-refractivity contribution in [3.8, 4) is 0 Å². The maximum Gasteiger partial charge on any atom is 0.410 e. The molecular weight excluding hydrogens is 336 g/mol. The molecule has 1 heterocycles. The number of nitrogens with zero attached hydrogens (tertiary/aromatic N) is 1. The van der Waals surface area contributed by atoms with Gasteiger partial charge in [-0.15, -0.1) is 0 Å². The first-order valence-corrected chi connectivity index (χ1v) is 8.86. The van der Waals surface area contributed by atoms with Crippen LogP contribution in [0.1, 0.15) is 39.2 Å². The van der Waals surface area contributed by atoms with Crippen molar-refractivity contribution >= 4 is 12.2 Å². The average molecular weight is 364 g/mol. The quantitative estimate of drug-likeness (QED) is 0.861. The van der Waals surface area contributed by atoms with Crippen molar-refractivity contribution in [3.63, 3.8) is 0 Å². The summed E-state index contributed by atoms with van der Waals surface area (Å²) >= 11 is 0. The van der Waals surface area contributed by atoms with Gasteiger partial charge in [-0.05, 0) is 39.2 Å². The SMILES string of the molecule is CC(C)(C)OC(=O)N1C[C@H](O)CC[C@@H](NC(=O)OCc2ccccc2)C1. The van der Waals surface area contributed by atoms with E-state index < -0.39 is 23.9 Å². The molecular formula is C19H28N2O5. The third-order valence-electron chi connectivity index (χ3n) is 3.91. The molecule has 7 heteroatoms. The number of rotatable bonds is 3. The molecule has 0 aliphatic carbocycles. The van der Waals surface area contributed by atoms with Gasteiger partial charge < -0.3 is 24.8 Å². The maximum atomic E-state index is 12.3.